The molecule has 0 aliphatic heterocycles. The van der Waals surface area contributed by atoms with Crippen LogP contribution in [0.25, 0.3) is 0 Å². The van der Waals surface area contributed by atoms with Crippen LogP contribution >= 0.6 is 0 Å². The Bertz CT molecular complexity index is 272. The highest BCUT2D eigenvalue weighted by Gasteiger charge is 2.12. The second-order valence-electron chi connectivity index (χ2n) is 3.03. The molecule has 1 N–H and O–H groups in total. The molecule has 0 saturated carbocycles. The van der Waals surface area contributed by atoms with E-state index < -0.39 is 0 Å². The summed E-state index contributed by atoms with van der Waals surface area (Å²) in [7, 11) is 5.21. The Balaban J connectivity index is 2.92. The van der Waals surface area contributed by atoms with E-state index in [4.69, 9.17) is 9.47 Å². The maximum Gasteiger partial charge on any atom is 0.183 e. The lowest BCUT2D eigenvalue weighted by Crippen LogP contribution is -2.12. The van der Waals surface area contributed by atoms with Crippen LogP contribution in [0.3, 0.4) is 0 Å². The summed E-state index contributed by atoms with van der Waals surface area (Å²) < 4.78 is 10.4. The summed E-state index contributed by atoms with van der Waals surface area (Å²) in [6, 6.07) is 8.08. The highest BCUT2D eigenvalue weighted by molar-refractivity contribution is 5.28. The Morgan fingerprint density at radius 1 is 1.21 bits per heavy atom. The van der Waals surface area contributed by atoms with Gasteiger partial charge in [-0.25, -0.2) is 0 Å². The van der Waals surface area contributed by atoms with Gasteiger partial charge >= 0.3 is 0 Å². The first-order valence-corrected chi connectivity index (χ1v) is 4.61. The van der Waals surface area contributed by atoms with Gasteiger partial charge in [-0.3, -0.25) is 0 Å². The smallest absolute Gasteiger partial charge is 0.183 e. The molecule has 0 aliphatic carbocycles. The van der Waals surface area contributed by atoms with Crippen molar-refractivity contribution in [2.45, 2.75) is 12.8 Å². The molecule has 0 aliphatic rings. The zero-order chi connectivity index (χ0) is 10.4. The highest BCUT2D eigenvalue weighted by atomic mass is 16.7. The van der Waals surface area contributed by atoms with Crippen molar-refractivity contribution >= 4 is 0 Å². The van der Waals surface area contributed by atoms with Crippen molar-refractivity contribution in [2.24, 2.45) is 0 Å². The average molecular weight is 195 g/mol. The van der Waals surface area contributed by atoms with Gasteiger partial charge in [-0.15, -0.1) is 0 Å². The average Bonchev–Trinajstić information content (AvgIpc) is 2.23. The van der Waals surface area contributed by atoms with Crippen LogP contribution in [0.15, 0.2) is 24.3 Å². The first-order chi connectivity index (χ1) is 6.83. The number of hydrogen-bond donors (Lipinski definition) is 1. The normalized spacial score (nSPS) is 10.9. The first-order valence-electron chi connectivity index (χ1n) is 4.61. The number of hydrogen-bond acceptors (Lipinski definition) is 3. The van der Waals surface area contributed by atoms with Crippen LogP contribution in [-0.4, -0.2) is 21.3 Å². The van der Waals surface area contributed by atoms with Gasteiger partial charge in [-0.2, -0.15) is 0 Å². The predicted octanol–water partition coefficient (Wildman–Crippen LogP) is 1.70. The van der Waals surface area contributed by atoms with E-state index in [0.717, 1.165) is 12.1 Å². The maximum absolute atomic E-state index is 5.22. The number of nitrogens with one attached hydrogen (secondary N) is 1. The highest BCUT2D eigenvalue weighted by Crippen LogP contribution is 2.21. The molecule has 0 aromatic heterocycles. The van der Waals surface area contributed by atoms with Gasteiger partial charge in [0.1, 0.15) is 0 Å². The lowest BCUT2D eigenvalue weighted by molar-refractivity contribution is -0.106. The van der Waals surface area contributed by atoms with Crippen LogP contribution in [0.5, 0.6) is 0 Å². The van der Waals surface area contributed by atoms with E-state index in [1.165, 1.54) is 5.56 Å². The molecule has 3 nitrogen and oxygen atoms in total. The molecule has 14 heavy (non-hydrogen) atoms. The Hall–Kier alpha value is -0.900. The van der Waals surface area contributed by atoms with Gasteiger partial charge in [-0.1, -0.05) is 24.3 Å². The van der Waals surface area contributed by atoms with E-state index in [2.05, 4.69) is 11.4 Å². The lowest BCUT2D eigenvalue weighted by Gasteiger charge is -2.17. The summed E-state index contributed by atoms with van der Waals surface area (Å²) in [4.78, 5) is 0. The molecule has 0 unspecified atom stereocenters. The van der Waals surface area contributed by atoms with Crippen molar-refractivity contribution in [3.63, 3.8) is 0 Å². The number of rotatable bonds is 5. The molecule has 0 atom stereocenters. The van der Waals surface area contributed by atoms with Gasteiger partial charge in [0, 0.05) is 26.3 Å². The summed E-state index contributed by atoms with van der Waals surface area (Å²) in [5.74, 6) is 0. The summed E-state index contributed by atoms with van der Waals surface area (Å²) in [6.07, 6.45) is -0.278. The van der Waals surface area contributed by atoms with Gasteiger partial charge in [0.05, 0.1) is 0 Å². The van der Waals surface area contributed by atoms with Gasteiger partial charge in [0.15, 0.2) is 6.29 Å². The summed E-state index contributed by atoms with van der Waals surface area (Å²) >= 11 is 0. The lowest BCUT2D eigenvalue weighted by atomic mass is 10.1. The van der Waals surface area contributed by atoms with Crippen molar-refractivity contribution < 1.29 is 9.47 Å². The molecule has 0 fully saturated rings. The molecule has 3 heteroatoms. The second kappa shape index (κ2) is 5.75. The largest absolute Gasteiger partial charge is 0.352 e. The summed E-state index contributed by atoms with van der Waals surface area (Å²) in [5, 5.41) is 3.12. The van der Waals surface area contributed by atoms with Crippen LogP contribution in [0, 0.1) is 0 Å². The fourth-order valence-corrected chi connectivity index (χ4v) is 1.47. The third kappa shape index (κ3) is 2.54. The zero-order valence-electron chi connectivity index (χ0n) is 8.91. The summed E-state index contributed by atoms with van der Waals surface area (Å²) in [5.41, 5.74) is 2.27. The third-order valence-corrected chi connectivity index (χ3v) is 2.10. The summed E-state index contributed by atoms with van der Waals surface area (Å²) in [6.45, 7) is 0.819. The van der Waals surface area contributed by atoms with E-state index in [9.17, 15) is 0 Å². The van der Waals surface area contributed by atoms with Crippen LogP contribution in [-0.2, 0) is 16.0 Å². The quantitative estimate of drug-likeness (QED) is 0.725. The Kier molecular flexibility index (Phi) is 4.59. The van der Waals surface area contributed by atoms with Crippen molar-refractivity contribution in [3.8, 4) is 0 Å². The van der Waals surface area contributed by atoms with Crippen molar-refractivity contribution in [1.29, 1.82) is 0 Å². The van der Waals surface area contributed by atoms with Crippen LogP contribution in [0.1, 0.15) is 17.4 Å². The Labute approximate surface area is 85.0 Å². The predicted molar refractivity (Wildman–Crippen MR) is 56.0 cm³/mol. The van der Waals surface area contributed by atoms with Crippen molar-refractivity contribution in [3.05, 3.63) is 35.4 Å². The molecule has 1 aromatic carbocycles. The molecular formula is C11H17NO2. The molecule has 78 valence electrons. The van der Waals surface area contributed by atoms with Gasteiger partial charge in [-0.05, 0) is 12.6 Å². The van der Waals surface area contributed by atoms with Crippen molar-refractivity contribution in [2.75, 3.05) is 21.3 Å². The van der Waals surface area contributed by atoms with E-state index in [1.54, 1.807) is 14.2 Å². The Morgan fingerprint density at radius 2 is 1.86 bits per heavy atom. The molecule has 0 spiro atoms. The fraction of sp³-hybridized carbons (Fsp3) is 0.455. The molecule has 1 rings (SSSR count). The molecule has 0 bridgehead atoms. The molecule has 0 saturated heterocycles. The number of methoxy groups -OCH3 is 2. The SMILES string of the molecule is CNCc1ccccc1C(OC)OC. The zero-order valence-corrected chi connectivity index (χ0v) is 8.91. The standard InChI is InChI=1S/C11H17NO2/c1-12-8-9-6-4-5-7-10(9)11(13-2)14-3/h4-7,11-12H,8H2,1-3H3. The molecule has 1 aromatic rings. The van der Waals surface area contributed by atoms with Crippen LogP contribution in [0.2, 0.25) is 0 Å². The minimum atomic E-state index is -0.278. The van der Waals surface area contributed by atoms with Crippen LogP contribution < -0.4 is 5.32 Å². The van der Waals surface area contributed by atoms with Gasteiger partial charge in [0.2, 0.25) is 0 Å². The topological polar surface area (TPSA) is 30.5 Å². The van der Waals surface area contributed by atoms with Crippen molar-refractivity contribution in [1.82, 2.24) is 5.32 Å². The monoisotopic (exact) mass is 195 g/mol. The number of benzene rings is 1. The van der Waals surface area contributed by atoms with E-state index in [-0.39, 0.29) is 6.29 Å². The van der Waals surface area contributed by atoms with E-state index >= 15 is 0 Å². The fourth-order valence-electron chi connectivity index (χ4n) is 1.47. The van der Waals surface area contributed by atoms with E-state index in [0.29, 0.717) is 0 Å². The third-order valence-electron chi connectivity index (χ3n) is 2.10. The molecule has 0 heterocycles. The minimum absolute atomic E-state index is 0.278. The van der Waals surface area contributed by atoms with Gasteiger partial charge < -0.3 is 14.8 Å². The Morgan fingerprint density at radius 3 is 2.43 bits per heavy atom. The van der Waals surface area contributed by atoms with E-state index in [1.807, 2.05) is 25.2 Å². The molecule has 0 radical (unpaired) electrons. The number of ether oxygens (including phenoxy) is 2. The second-order valence-corrected chi connectivity index (χ2v) is 3.03. The van der Waals surface area contributed by atoms with Crippen LogP contribution in [0.4, 0.5) is 0 Å². The molecule has 0 amide bonds. The maximum atomic E-state index is 5.22. The first kappa shape index (κ1) is 11.2. The minimum Gasteiger partial charge on any atom is -0.352 e. The molecular weight excluding hydrogens is 178 g/mol. The van der Waals surface area contributed by atoms with Gasteiger partial charge in [0.25, 0.3) is 0 Å².